The molecule has 0 saturated carbocycles. The van der Waals surface area contributed by atoms with E-state index >= 15 is 0 Å². The van der Waals surface area contributed by atoms with Crippen molar-refractivity contribution in [2.75, 3.05) is 31.1 Å². The molecule has 5 nitrogen and oxygen atoms in total. The molecule has 1 aliphatic heterocycles. The number of carboxylic acid groups (broad SMARTS) is 1. The number of aromatic carboxylic acids is 1. The molecule has 1 aliphatic rings. The molecule has 0 aromatic heterocycles. The molecule has 3 rings (SSSR count). The lowest BCUT2D eigenvalue weighted by Crippen LogP contribution is -2.30. The van der Waals surface area contributed by atoms with Gasteiger partial charge in [-0.05, 0) is 36.2 Å². The highest BCUT2D eigenvalue weighted by Crippen LogP contribution is 2.21. The van der Waals surface area contributed by atoms with Crippen molar-refractivity contribution < 1.29 is 9.90 Å². The predicted octanol–water partition coefficient (Wildman–Crippen LogP) is 2.97. The molecule has 5 heteroatoms. The van der Waals surface area contributed by atoms with Crippen LogP contribution < -0.4 is 4.90 Å². The first-order valence-electron chi connectivity index (χ1n) is 8.46. The number of nitrogens with zero attached hydrogens (tertiary/aromatic N) is 3. The summed E-state index contributed by atoms with van der Waals surface area (Å²) in [5.74, 6) is -0.892. The zero-order valence-corrected chi connectivity index (χ0v) is 14.1. The van der Waals surface area contributed by atoms with Crippen LogP contribution in [0, 0.1) is 11.3 Å². The molecular formula is C20H21N3O2. The van der Waals surface area contributed by atoms with Crippen molar-refractivity contribution in [1.29, 1.82) is 5.26 Å². The number of benzene rings is 2. The van der Waals surface area contributed by atoms with Gasteiger partial charge in [0.2, 0.25) is 0 Å². The Labute approximate surface area is 147 Å². The lowest BCUT2D eigenvalue weighted by molar-refractivity contribution is 0.0696. The van der Waals surface area contributed by atoms with E-state index in [1.165, 1.54) is 0 Å². The molecule has 0 bridgehead atoms. The Morgan fingerprint density at radius 2 is 1.92 bits per heavy atom. The number of nitriles is 1. The first-order chi connectivity index (χ1) is 12.2. The molecule has 25 heavy (non-hydrogen) atoms. The first kappa shape index (κ1) is 17.0. The highest BCUT2D eigenvalue weighted by Gasteiger charge is 2.17. The van der Waals surface area contributed by atoms with E-state index in [-0.39, 0.29) is 0 Å². The van der Waals surface area contributed by atoms with Crippen molar-refractivity contribution in [3.63, 3.8) is 0 Å². The molecule has 0 unspecified atom stereocenters. The monoisotopic (exact) mass is 335 g/mol. The van der Waals surface area contributed by atoms with Gasteiger partial charge in [-0.1, -0.05) is 24.3 Å². The lowest BCUT2D eigenvalue weighted by Gasteiger charge is -2.24. The fourth-order valence-corrected chi connectivity index (χ4v) is 3.27. The van der Waals surface area contributed by atoms with Crippen molar-refractivity contribution in [2.45, 2.75) is 13.0 Å². The van der Waals surface area contributed by atoms with E-state index in [1.54, 1.807) is 18.2 Å². The number of para-hydroxylation sites is 1. The molecule has 0 spiro atoms. The number of anilines is 1. The first-order valence-corrected chi connectivity index (χ1v) is 8.46. The zero-order valence-electron chi connectivity index (χ0n) is 14.1. The van der Waals surface area contributed by atoms with Gasteiger partial charge in [-0.2, -0.15) is 5.26 Å². The lowest BCUT2D eigenvalue weighted by atomic mass is 10.1. The summed E-state index contributed by atoms with van der Waals surface area (Å²) < 4.78 is 0. The summed E-state index contributed by atoms with van der Waals surface area (Å²) in [6, 6.07) is 17.1. The summed E-state index contributed by atoms with van der Waals surface area (Å²) in [4.78, 5) is 15.7. The van der Waals surface area contributed by atoms with Crippen LogP contribution in [0.25, 0.3) is 0 Å². The minimum absolute atomic E-state index is 0.330. The van der Waals surface area contributed by atoms with Crippen LogP contribution in [0.2, 0.25) is 0 Å². The Bertz CT molecular complexity index is 798. The van der Waals surface area contributed by atoms with Crippen molar-refractivity contribution >= 4 is 11.7 Å². The van der Waals surface area contributed by atoms with Gasteiger partial charge in [0.1, 0.15) is 6.07 Å². The highest BCUT2D eigenvalue weighted by atomic mass is 16.4. The second-order valence-corrected chi connectivity index (χ2v) is 6.25. The van der Waals surface area contributed by atoms with Gasteiger partial charge in [0, 0.05) is 32.7 Å². The topological polar surface area (TPSA) is 67.6 Å². The van der Waals surface area contributed by atoms with Gasteiger partial charge >= 0.3 is 5.97 Å². The fourth-order valence-electron chi connectivity index (χ4n) is 3.27. The van der Waals surface area contributed by atoms with Crippen LogP contribution in [-0.4, -0.2) is 42.2 Å². The fraction of sp³-hybridized carbons (Fsp3) is 0.300. The summed E-state index contributed by atoms with van der Waals surface area (Å²) in [6.45, 7) is 4.37. The predicted molar refractivity (Wildman–Crippen MR) is 96.7 cm³/mol. The Morgan fingerprint density at radius 1 is 1.08 bits per heavy atom. The molecule has 0 aliphatic carbocycles. The molecule has 1 saturated heterocycles. The van der Waals surface area contributed by atoms with E-state index in [1.807, 2.05) is 30.3 Å². The summed E-state index contributed by atoms with van der Waals surface area (Å²) >= 11 is 0. The van der Waals surface area contributed by atoms with Gasteiger partial charge in [0.25, 0.3) is 0 Å². The molecule has 0 amide bonds. The average molecular weight is 335 g/mol. The summed E-state index contributed by atoms with van der Waals surface area (Å²) in [6.07, 6.45) is 1.01. The molecule has 1 fully saturated rings. The SMILES string of the molecule is N#Cc1ccccc1N1CCCN(Cc2cccc(C(=O)O)c2)CC1. The summed E-state index contributed by atoms with van der Waals surface area (Å²) in [7, 11) is 0. The Morgan fingerprint density at radius 3 is 2.72 bits per heavy atom. The molecule has 1 N–H and O–H groups in total. The zero-order chi connectivity index (χ0) is 17.6. The van der Waals surface area contributed by atoms with E-state index in [0.29, 0.717) is 11.1 Å². The maximum atomic E-state index is 11.1. The van der Waals surface area contributed by atoms with E-state index in [4.69, 9.17) is 5.11 Å². The molecule has 2 aromatic carbocycles. The van der Waals surface area contributed by atoms with Crippen molar-refractivity contribution in [1.82, 2.24) is 4.90 Å². The number of carboxylic acids is 1. The van der Waals surface area contributed by atoms with E-state index in [0.717, 1.165) is 50.4 Å². The quantitative estimate of drug-likeness (QED) is 0.930. The van der Waals surface area contributed by atoms with Crippen molar-refractivity contribution in [2.24, 2.45) is 0 Å². The maximum absolute atomic E-state index is 11.1. The van der Waals surface area contributed by atoms with Crippen LogP contribution in [0.5, 0.6) is 0 Å². The van der Waals surface area contributed by atoms with E-state index in [9.17, 15) is 10.1 Å². The molecule has 1 heterocycles. The highest BCUT2D eigenvalue weighted by molar-refractivity contribution is 5.87. The normalized spacial score (nSPS) is 15.4. The van der Waals surface area contributed by atoms with Crippen LogP contribution in [0.4, 0.5) is 5.69 Å². The van der Waals surface area contributed by atoms with Crippen molar-refractivity contribution in [3.8, 4) is 6.07 Å². The smallest absolute Gasteiger partial charge is 0.335 e. The van der Waals surface area contributed by atoms with Crippen LogP contribution in [0.1, 0.15) is 27.9 Å². The number of hydrogen-bond acceptors (Lipinski definition) is 4. The van der Waals surface area contributed by atoms with Crippen LogP contribution in [0.3, 0.4) is 0 Å². The molecule has 0 radical (unpaired) electrons. The van der Waals surface area contributed by atoms with Gasteiger partial charge in [0.05, 0.1) is 16.8 Å². The number of rotatable bonds is 4. The molecule has 0 atom stereocenters. The standard InChI is InChI=1S/C20H21N3O2/c21-14-18-6-1-2-8-19(18)23-10-4-9-22(11-12-23)15-16-5-3-7-17(13-16)20(24)25/h1-3,5-8,13H,4,9-12,15H2,(H,24,25). The maximum Gasteiger partial charge on any atom is 0.335 e. The Kier molecular flexibility index (Phi) is 5.32. The van der Waals surface area contributed by atoms with E-state index < -0.39 is 5.97 Å². The van der Waals surface area contributed by atoms with E-state index in [2.05, 4.69) is 15.9 Å². The Hall–Kier alpha value is -2.84. The van der Waals surface area contributed by atoms with Gasteiger partial charge in [0.15, 0.2) is 0 Å². The summed E-state index contributed by atoms with van der Waals surface area (Å²) in [5.41, 5.74) is 3.06. The Balaban J connectivity index is 1.67. The van der Waals surface area contributed by atoms with Gasteiger partial charge in [-0.25, -0.2) is 4.79 Å². The van der Waals surface area contributed by atoms with Gasteiger partial charge < -0.3 is 10.0 Å². The summed E-state index contributed by atoms with van der Waals surface area (Å²) in [5, 5.41) is 18.4. The van der Waals surface area contributed by atoms with Crippen LogP contribution >= 0.6 is 0 Å². The third-order valence-corrected chi connectivity index (χ3v) is 4.53. The second kappa shape index (κ2) is 7.82. The van der Waals surface area contributed by atoms with Crippen LogP contribution in [0.15, 0.2) is 48.5 Å². The van der Waals surface area contributed by atoms with Gasteiger partial charge in [-0.3, -0.25) is 4.90 Å². The number of carbonyl (C=O) groups is 1. The minimum atomic E-state index is -0.892. The second-order valence-electron chi connectivity index (χ2n) is 6.25. The largest absolute Gasteiger partial charge is 0.478 e. The molecule has 2 aromatic rings. The molecular weight excluding hydrogens is 314 g/mol. The van der Waals surface area contributed by atoms with Gasteiger partial charge in [-0.15, -0.1) is 0 Å². The van der Waals surface area contributed by atoms with Crippen molar-refractivity contribution in [3.05, 3.63) is 65.2 Å². The average Bonchev–Trinajstić information content (AvgIpc) is 2.87. The van der Waals surface area contributed by atoms with Crippen LogP contribution in [-0.2, 0) is 6.54 Å². The number of hydrogen-bond donors (Lipinski definition) is 1. The third-order valence-electron chi connectivity index (χ3n) is 4.53. The molecule has 128 valence electrons. The third kappa shape index (κ3) is 4.17. The minimum Gasteiger partial charge on any atom is -0.478 e.